The topological polar surface area (TPSA) is 91.5 Å². The lowest BCUT2D eigenvalue weighted by atomic mass is 9.96. The molecule has 1 aromatic heterocycles. The minimum Gasteiger partial charge on any atom is -0.271 e. The van der Waals surface area contributed by atoms with Gasteiger partial charge in [0.25, 0.3) is 5.56 Å². The molecule has 0 aliphatic carbocycles. The Balaban J connectivity index is 2.40. The molecule has 8 heteroatoms. The molecule has 0 saturated carbocycles. The van der Waals surface area contributed by atoms with Crippen molar-refractivity contribution in [1.29, 1.82) is 5.26 Å². The average Bonchev–Trinajstić information content (AvgIpc) is 2.61. The van der Waals surface area contributed by atoms with Crippen molar-refractivity contribution in [2.24, 2.45) is 0 Å². The summed E-state index contributed by atoms with van der Waals surface area (Å²) in [5.41, 5.74) is 1.78. The van der Waals surface area contributed by atoms with Crippen molar-refractivity contribution >= 4 is 23.2 Å². The van der Waals surface area contributed by atoms with E-state index in [-0.39, 0.29) is 6.42 Å². The molecular weight excluding hydrogens is 375 g/mol. The zero-order valence-corrected chi connectivity index (χ0v) is 15.1. The van der Waals surface area contributed by atoms with E-state index in [1.807, 2.05) is 0 Å². The number of nitrogens with one attached hydrogen (secondary N) is 1. The maximum atomic E-state index is 12.3. The summed E-state index contributed by atoms with van der Waals surface area (Å²) in [6.45, 7) is 1.73. The van der Waals surface area contributed by atoms with Crippen LogP contribution in [0.4, 0.5) is 0 Å². The van der Waals surface area contributed by atoms with Gasteiger partial charge in [-0.25, -0.2) is 4.79 Å². The van der Waals surface area contributed by atoms with Crippen molar-refractivity contribution < 1.29 is 0 Å². The van der Waals surface area contributed by atoms with E-state index in [1.54, 1.807) is 37.3 Å². The molecule has 26 heavy (non-hydrogen) atoms. The highest BCUT2D eigenvalue weighted by Gasteiger charge is 2.18. The van der Waals surface area contributed by atoms with Crippen molar-refractivity contribution in [2.45, 2.75) is 13.3 Å². The summed E-state index contributed by atoms with van der Waals surface area (Å²) >= 11 is 12.4. The third-order valence-corrected chi connectivity index (χ3v) is 4.67. The van der Waals surface area contributed by atoms with Gasteiger partial charge in [0.1, 0.15) is 6.20 Å². The van der Waals surface area contributed by atoms with Gasteiger partial charge >= 0.3 is 5.69 Å². The number of hydrogen-bond acceptors (Lipinski definition) is 4. The molecule has 0 saturated heterocycles. The molecule has 0 radical (unpaired) electrons. The molecule has 3 aromatic rings. The second-order valence-corrected chi connectivity index (χ2v) is 6.38. The molecule has 0 unspecified atom stereocenters. The zero-order valence-electron chi connectivity index (χ0n) is 13.6. The third kappa shape index (κ3) is 3.27. The SMILES string of the molecule is Cc1c(Cl)c(CC#N)cc(-c2ccc(Cl)cc2)c1-n1ncc(=O)[nH]c1=O. The Labute approximate surface area is 158 Å². The third-order valence-electron chi connectivity index (χ3n) is 3.89. The number of nitriles is 1. The number of hydrogen-bond donors (Lipinski definition) is 1. The fraction of sp³-hybridized carbons (Fsp3) is 0.111. The number of aromatic nitrogens is 3. The fourth-order valence-corrected chi connectivity index (χ4v) is 3.04. The van der Waals surface area contributed by atoms with Crippen LogP contribution in [-0.4, -0.2) is 14.8 Å². The van der Waals surface area contributed by atoms with E-state index in [1.165, 1.54) is 0 Å². The monoisotopic (exact) mass is 386 g/mol. The number of halogens is 2. The lowest BCUT2D eigenvalue weighted by Crippen LogP contribution is -2.31. The number of H-pyrrole nitrogens is 1. The van der Waals surface area contributed by atoms with Gasteiger partial charge in [0.15, 0.2) is 0 Å². The summed E-state index contributed by atoms with van der Waals surface area (Å²) in [4.78, 5) is 25.8. The van der Waals surface area contributed by atoms with Crippen molar-refractivity contribution in [3.05, 3.63) is 78.5 Å². The van der Waals surface area contributed by atoms with E-state index >= 15 is 0 Å². The molecule has 0 bridgehead atoms. The highest BCUT2D eigenvalue weighted by atomic mass is 35.5. The molecule has 6 nitrogen and oxygen atoms in total. The van der Waals surface area contributed by atoms with Gasteiger partial charge in [-0.3, -0.25) is 9.78 Å². The maximum Gasteiger partial charge on any atom is 0.349 e. The van der Waals surface area contributed by atoms with E-state index in [0.717, 1.165) is 16.4 Å². The highest BCUT2D eigenvalue weighted by molar-refractivity contribution is 6.32. The van der Waals surface area contributed by atoms with E-state index in [0.29, 0.717) is 32.4 Å². The van der Waals surface area contributed by atoms with Gasteiger partial charge in [0.05, 0.1) is 18.2 Å². The first kappa shape index (κ1) is 17.9. The van der Waals surface area contributed by atoms with Crippen LogP contribution >= 0.6 is 23.2 Å². The predicted molar refractivity (Wildman–Crippen MR) is 100.0 cm³/mol. The summed E-state index contributed by atoms with van der Waals surface area (Å²) in [6, 6.07) is 10.9. The summed E-state index contributed by atoms with van der Waals surface area (Å²) in [5.74, 6) is 0. The van der Waals surface area contributed by atoms with Gasteiger partial charge in [0.2, 0.25) is 0 Å². The molecule has 0 aliphatic heterocycles. The Hall–Kier alpha value is -2.88. The van der Waals surface area contributed by atoms with Gasteiger partial charge in [-0.2, -0.15) is 15.0 Å². The summed E-state index contributed by atoms with van der Waals surface area (Å²) in [6.07, 6.45) is 1.14. The minimum absolute atomic E-state index is 0.120. The molecule has 0 aliphatic rings. The molecule has 2 aromatic carbocycles. The van der Waals surface area contributed by atoms with E-state index in [2.05, 4.69) is 16.2 Å². The second kappa shape index (κ2) is 7.16. The van der Waals surface area contributed by atoms with Gasteiger partial charge < -0.3 is 0 Å². The normalized spacial score (nSPS) is 10.5. The van der Waals surface area contributed by atoms with Crippen molar-refractivity contribution in [3.8, 4) is 22.9 Å². The lowest BCUT2D eigenvalue weighted by molar-refractivity contribution is 0.746. The Morgan fingerprint density at radius 2 is 1.92 bits per heavy atom. The van der Waals surface area contributed by atoms with Crippen molar-refractivity contribution in [2.75, 3.05) is 0 Å². The lowest BCUT2D eigenvalue weighted by Gasteiger charge is -2.17. The number of aromatic amines is 1. The number of benzene rings is 2. The Morgan fingerprint density at radius 1 is 1.23 bits per heavy atom. The summed E-state index contributed by atoms with van der Waals surface area (Å²) < 4.78 is 1.09. The van der Waals surface area contributed by atoms with E-state index in [9.17, 15) is 9.59 Å². The first-order valence-electron chi connectivity index (χ1n) is 7.56. The van der Waals surface area contributed by atoms with Crippen LogP contribution in [0.1, 0.15) is 11.1 Å². The quantitative estimate of drug-likeness (QED) is 0.747. The van der Waals surface area contributed by atoms with E-state index in [4.69, 9.17) is 28.5 Å². The van der Waals surface area contributed by atoms with Crippen molar-refractivity contribution in [3.63, 3.8) is 0 Å². The van der Waals surface area contributed by atoms with Gasteiger partial charge in [-0.05, 0) is 41.8 Å². The van der Waals surface area contributed by atoms with Crippen LogP contribution in [-0.2, 0) is 6.42 Å². The van der Waals surface area contributed by atoms with Crippen LogP contribution in [0, 0.1) is 18.3 Å². The molecule has 0 amide bonds. The second-order valence-electron chi connectivity index (χ2n) is 5.56. The Kier molecular flexibility index (Phi) is 4.94. The van der Waals surface area contributed by atoms with Crippen LogP contribution in [0.25, 0.3) is 16.8 Å². The molecule has 0 spiro atoms. The van der Waals surface area contributed by atoms with Gasteiger partial charge in [-0.15, -0.1) is 0 Å². The highest BCUT2D eigenvalue weighted by Crippen LogP contribution is 2.35. The average molecular weight is 387 g/mol. The van der Waals surface area contributed by atoms with Crippen LogP contribution < -0.4 is 11.2 Å². The van der Waals surface area contributed by atoms with Crippen LogP contribution in [0.15, 0.2) is 46.1 Å². The molecule has 130 valence electrons. The van der Waals surface area contributed by atoms with Crippen LogP contribution in [0.2, 0.25) is 10.0 Å². The first-order valence-corrected chi connectivity index (χ1v) is 8.32. The maximum absolute atomic E-state index is 12.3. The van der Waals surface area contributed by atoms with E-state index < -0.39 is 11.2 Å². The zero-order chi connectivity index (χ0) is 18.8. The van der Waals surface area contributed by atoms with Crippen molar-refractivity contribution in [1.82, 2.24) is 14.8 Å². The molecule has 3 rings (SSSR count). The minimum atomic E-state index is -0.681. The standard InChI is InChI=1S/C18H12Cl2N4O2/c1-10-16(20)12(6-7-21)8-14(11-2-4-13(19)5-3-11)17(10)24-18(26)23-15(25)9-22-24/h2-5,8-9H,6H2,1H3,(H,23,25,26). The molecule has 1 heterocycles. The predicted octanol–water partition coefficient (Wildman–Crippen LogP) is 3.27. The molecular formula is C18H12Cl2N4O2. The number of rotatable bonds is 3. The summed E-state index contributed by atoms with van der Waals surface area (Å²) in [7, 11) is 0. The smallest absolute Gasteiger partial charge is 0.271 e. The molecule has 1 N–H and O–H groups in total. The van der Waals surface area contributed by atoms with Crippen LogP contribution in [0.3, 0.4) is 0 Å². The van der Waals surface area contributed by atoms with Crippen LogP contribution in [0.5, 0.6) is 0 Å². The van der Waals surface area contributed by atoms with Gasteiger partial charge in [-0.1, -0.05) is 35.3 Å². The number of nitrogens with zero attached hydrogens (tertiary/aromatic N) is 3. The Bertz CT molecular complexity index is 1140. The molecule has 0 atom stereocenters. The Morgan fingerprint density at radius 3 is 2.54 bits per heavy atom. The fourth-order valence-electron chi connectivity index (χ4n) is 2.70. The molecule has 0 fully saturated rings. The largest absolute Gasteiger partial charge is 0.349 e. The summed E-state index contributed by atoms with van der Waals surface area (Å²) in [5, 5.41) is 13.9. The first-order chi connectivity index (χ1) is 12.4. The van der Waals surface area contributed by atoms with Gasteiger partial charge in [0, 0.05) is 15.6 Å².